The maximum Gasteiger partial charge on any atom is 0.0632 e. The van der Waals surface area contributed by atoms with Gasteiger partial charge in [0.15, 0.2) is 0 Å². The fourth-order valence-corrected chi connectivity index (χ4v) is 1.98. The minimum Gasteiger partial charge on any atom is -0.393 e. The summed E-state index contributed by atoms with van der Waals surface area (Å²) in [5.74, 6) is 0. The monoisotopic (exact) mass is 144 g/mol. The van der Waals surface area contributed by atoms with Crippen molar-refractivity contribution >= 4 is 0 Å². The van der Waals surface area contributed by atoms with Gasteiger partial charge in [-0.05, 0) is 32.1 Å². The van der Waals surface area contributed by atoms with Crippen molar-refractivity contribution in [1.82, 2.24) is 0 Å². The summed E-state index contributed by atoms with van der Waals surface area (Å²) in [4.78, 5) is 0. The number of hydrogen-bond donors (Lipinski definition) is 2. The molecule has 2 heteroatoms. The van der Waals surface area contributed by atoms with Crippen LogP contribution in [0.1, 0.15) is 33.6 Å². The van der Waals surface area contributed by atoms with Crippen LogP contribution in [0.5, 0.6) is 0 Å². The molecule has 2 nitrogen and oxygen atoms in total. The van der Waals surface area contributed by atoms with E-state index in [1.807, 2.05) is 13.8 Å². The summed E-state index contributed by atoms with van der Waals surface area (Å²) in [6.07, 6.45) is 1.14. The zero-order chi connectivity index (χ0) is 7.99. The van der Waals surface area contributed by atoms with Crippen LogP contribution in [0.25, 0.3) is 0 Å². The summed E-state index contributed by atoms with van der Waals surface area (Å²) in [6, 6.07) is 0. The standard InChI is InChI=1S/C8H16O2/c1-6(9)7(2)4-8(3,10)5-7/h6,9-10H,4-5H2,1-3H3/t6-,7-,8+/m0/s1. The second-order valence-corrected chi connectivity index (χ2v) is 4.18. The molecule has 1 fully saturated rings. The summed E-state index contributed by atoms with van der Waals surface area (Å²) in [7, 11) is 0. The maximum atomic E-state index is 9.39. The highest BCUT2D eigenvalue weighted by Crippen LogP contribution is 2.49. The van der Waals surface area contributed by atoms with E-state index in [2.05, 4.69) is 0 Å². The lowest BCUT2D eigenvalue weighted by atomic mass is 9.58. The second kappa shape index (κ2) is 1.95. The SMILES string of the molecule is C[C@H](O)[C@]1(C)C[C@](C)(O)C1. The molecule has 1 saturated carbocycles. The Balaban J connectivity index is 2.50. The van der Waals surface area contributed by atoms with E-state index in [9.17, 15) is 10.2 Å². The molecule has 1 rings (SSSR count). The third kappa shape index (κ3) is 1.18. The Bertz CT molecular complexity index is 130. The molecule has 0 aliphatic heterocycles. The van der Waals surface area contributed by atoms with Crippen LogP contribution < -0.4 is 0 Å². The average Bonchev–Trinajstić information content (AvgIpc) is 1.59. The molecule has 0 unspecified atom stereocenters. The summed E-state index contributed by atoms with van der Waals surface area (Å²) in [5.41, 5.74) is -0.560. The van der Waals surface area contributed by atoms with E-state index in [1.165, 1.54) is 0 Å². The van der Waals surface area contributed by atoms with Crippen molar-refractivity contribution in [1.29, 1.82) is 0 Å². The van der Waals surface area contributed by atoms with Crippen LogP contribution in [0, 0.1) is 5.41 Å². The van der Waals surface area contributed by atoms with E-state index >= 15 is 0 Å². The van der Waals surface area contributed by atoms with E-state index in [1.54, 1.807) is 6.92 Å². The lowest BCUT2D eigenvalue weighted by Crippen LogP contribution is -2.53. The average molecular weight is 144 g/mol. The van der Waals surface area contributed by atoms with Crippen molar-refractivity contribution in [3.05, 3.63) is 0 Å². The fraction of sp³-hybridized carbons (Fsp3) is 1.00. The zero-order valence-electron chi connectivity index (χ0n) is 6.89. The Kier molecular flexibility index (Phi) is 1.57. The Hall–Kier alpha value is -0.0800. The van der Waals surface area contributed by atoms with Gasteiger partial charge in [0.1, 0.15) is 0 Å². The summed E-state index contributed by atoms with van der Waals surface area (Å²) in [6.45, 7) is 5.61. The van der Waals surface area contributed by atoms with Gasteiger partial charge in [0.25, 0.3) is 0 Å². The summed E-state index contributed by atoms with van der Waals surface area (Å²) in [5, 5.41) is 18.6. The number of hydrogen-bond acceptors (Lipinski definition) is 2. The molecule has 0 amide bonds. The molecule has 1 aliphatic rings. The Labute approximate surface area is 61.9 Å². The lowest BCUT2D eigenvalue weighted by Gasteiger charge is -2.51. The van der Waals surface area contributed by atoms with Crippen LogP contribution in [0.2, 0.25) is 0 Å². The highest BCUT2D eigenvalue weighted by molar-refractivity contribution is 5.01. The predicted octanol–water partition coefficient (Wildman–Crippen LogP) is 0.918. The maximum absolute atomic E-state index is 9.39. The molecule has 1 atom stereocenters. The fourth-order valence-electron chi connectivity index (χ4n) is 1.98. The Morgan fingerprint density at radius 3 is 1.80 bits per heavy atom. The van der Waals surface area contributed by atoms with Gasteiger partial charge < -0.3 is 10.2 Å². The highest BCUT2D eigenvalue weighted by Gasteiger charge is 2.50. The minimum atomic E-state index is -0.522. The van der Waals surface area contributed by atoms with Gasteiger partial charge in [-0.1, -0.05) is 6.92 Å². The molecule has 0 aromatic rings. The van der Waals surface area contributed by atoms with Crippen LogP contribution in [0.3, 0.4) is 0 Å². The molecule has 0 bridgehead atoms. The van der Waals surface area contributed by atoms with Crippen molar-refractivity contribution in [3.63, 3.8) is 0 Å². The molecule has 1 aliphatic carbocycles. The van der Waals surface area contributed by atoms with Crippen molar-refractivity contribution in [3.8, 4) is 0 Å². The van der Waals surface area contributed by atoms with Gasteiger partial charge in [-0.25, -0.2) is 0 Å². The van der Waals surface area contributed by atoms with Crippen molar-refractivity contribution in [2.24, 2.45) is 5.41 Å². The first-order chi connectivity index (χ1) is 4.36. The van der Waals surface area contributed by atoms with E-state index in [4.69, 9.17) is 0 Å². The van der Waals surface area contributed by atoms with Crippen LogP contribution in [0.4, 0.5) is 0 Å². The Morgan fingerprint density at radius 2 is 1.70 bits per heavy atom. The molecule has 0 radical (unpaired) electrons. The molecular weight excluding hydrogens is 128 g/mol. The molecule has 60 valence electrons. The first kappa shape index (κ1) is 8.02. The van der Waals surface area contributed by atoms with Crippen LogP contribution in [-0.2, 0) is 0 Å². The third-order valence-corrected chi connectivity index (χ3v) is 2.58. The normalized spacial score (nSPS) is 50.1. The van der Waals surface area contributed by atoms with Gasteiger partial charge in [-0.15, -0.1) is 0 Å². The molecular formula is C8H16O2. The van der Waals surface area contributed by atoms with E-state index < -0.39 is 5.60 Å². The topological polar surface area (TPSA) is 40.5 Å². The van der Waals surface area contributed by atoms with Gasteiger partial charge in [0.05, 0.1) is 11.7 Å². The number of aliphatic hydroxyl groups excluding tert-OH is 1. The van der Waals surface area contributed by atoms with E-state index in [0.29, 0.717) is 0 Å². The second-order valence-electron chi connectivity index (χ2n) is 4.18. The predicted molar refractivity (Wildman–Crippen MR) is 39.6 cm³/mol. The van der Waals surface area contributed by atoms with Crippen molar-refractivity contribution in [2.45, 2.75) is 45.3 Å². The first-order valence-electron chi connectivity index (χ1n) is 3.76. The Morgan fingerprint density at radius 1 is 1.30 bits per heavy atom. The molecule has 10 heavy (non-hydrogen) atoms. The summed E-state index contributed by atoms with van der Waals surface area (Å²) < 4.78 is 0. The largest absolute Gasteiger partial charge is 0.393 e. The molecule has 0 spiro atoms. The van der Waals surface area contributed by atoms with Crippen LogP contribution >= 0.6 is 0 Å². The van der Waals surface area contributed by atoms with E-state index in [0.717, 1.165) is 12.8 Å². The number of aliphatic hydroxyl groups is 2. The van der Waals surface area contributed by atoms with Crippen molar-refractivity contribution < 1.29 is 10.2 Å². The third-order valence-electron chi connectivity index (χ3n) is 2.58. The molecule has 2 N–H and O–H groups in total. The lowest BCUT2D eigenvalue weighted by molar-refractivity contribution is -0.150. The van der Waals surface area contributed by atoms with Gasteiger partial charge in [0.2, 0.25) is 0 Å². The zero-order valence-corrected chi connectivity index (χ0v) is 6.89. The van der Waals surface area contributed by atoms with Crippen LogP contribution in [0.15, 0.2) is 0 Å². The van der Waals surface area contributed by atoms with Gasteiger partial charge >= 0.3 is 0 Å². The van der Waals surface area contributed by atoms with Crippen molar-refractivity contribution in [2.75, 3.05) is 0 Å². The molecule has 0 heterocycles. The highest BCUT2D eigenvalue weighted by atomic mass is 16.3. The minimum absolute atomic E-state index is 0.0382. The quantitative estimate of drug-likeness (QED) is 0.574. The molecule has 0 aromatic carbocycles. The van der Waals surface area contributed by atoms with Crippen LogP contribution in [-0.4, -0.2) is 21.9 Å². The number of rotatable bonds is 1. The first-order valence-corrected chi connectivity index (χ1v) is 3.76. The van der Waals surface area contributed by atoms with Gasteiger partial charge in [-0.3, -0.25) is 0 Å². The molecule has 0 aromatic heterocycles. The van der Waals surface area contributed by atoms with Gasteiger partial charge in [-0.2, -0.15) is 0 Å². The van der Waals surface area contributed by atoms with Gasteiger partial charge in [0, 0.05) is 0 Å². The molecule has 0 saturated heterocycles. The smallest absolute Gasteiger partial charge is 0.0632 e. The van der Waals surface area contributed by atoms with E-state index in [-0.39, 0.29) is 11.5 Å². The summed E-state index contributed by atoms with van der Waals surface area (Å²) >= 11 is 0.